The van der Waals surface area contributed by atoms with Gasteiger partial charge in [0, 0.05) is 17.0 Å². The SMILES string of the molecule is O=[N+]([O-])c1ccc(CBr)c(C(F)(F)F)n1. The summed E-state index contributed by atoms with van der Waals surface area (Å²) in [6.07, 6.45) is -4.69. The van der Waals surface area contributed by atoms with Gasteiger partial charge in [-0.2, -0.15) is 13.2 Å². The predicted octanol–water partition coefficient (Wildman–Crippen LogP) is 2.90. The van der Waals surface area contributed by atoms with Crippen molar-refractivity contribution in [1.29, 1.82) is 0 Å². The highest BCUT2D eigenvalue weighted by Gasteiger charge is 2.40. The largest absolute Gasteiger partial charge is 0.458 e. The average Bonchev–Trinajstić information content (AvgIpc) is 2.15. The Kier molecular flexibility index (Phi) is 3.28. The number of alkyl halides is 4. The summed E-state index contributed by atoms with van der Waals surface area (Å²) in [6.45, 7) is 0. The lowest BCUT2D eigenvalue weighted by molar-refractivity contribution is -0.390. The van der Waals surface area contributed by atoms with Crippen LogP contribution in [0.2, 0.25) is 0 Å². The molecule has 8 heteroatoms. The normalized spacial score (nSPS) is 11.5. The van der Waals surface area contributed by atoms with Gasteiger partial charge < -0.3 is 10.1 Å². The third-order valence-corrected chi connectivity index (χ3v) is 2.17. The molecule has 0 radical (unpaired) electrons. The minimum atomic E-state index is -4.69. The summed E-state index contributed by atoms with van der Waals surface area (Å²) >= 11 is 2.85. The van der Waals surface area contributed by atoms with E-state index < -0.39 is 22.6 Å². The van der Waals surface area contributed by atoms with Crippen LogP contribution in [0.1, 0.15) is 11.3 Å². The molecule has 0 spiro atoms. The molecule has 0 aliphatic carbocycles. The first kappa shape index (κ1) is 11.9. The molecule has 0 aliphatic heterocycles. The molecule has 0 saturated carbocycles. The predicted molar refractivity (Wildman–Crippen MR) is 48.5 cm³/mol. The summed E-state index contributed by atoms with van der Waals surface area (Å²) in [5, 5.41) is 10.2. The summed E-state index contributed by atoms with van der Waals surface area (Å²) in [5.41, 5.74) is -1.36. The highest BCUT2D eigenvalue weighted by Crippen LogP contribution is 2.32. The molecular formula is C7H4BrF3N2O2. The molecule has 0 unspecified atom stereocenters. The van der Waals surface area contributed by atoms with E-state index in [1.54, 1.807) is 0 Å². The first-order valence-corrected chi connectivity index (χ1v) is 4.76. The zero-order valence-corrected chi connectivity index (χ0v) is 8.67. The minimum absolute atomic E-state index is 0.0627. The van der Waals surface area contributed by atoms with Crippen LogP contribution in [-0.4, -0.2) is 9.91 Å². The third kappa shape index (κ3) is 2.65. The first-order valence-electron chi connectivity index (χ1n) is 3.63. The molecule has 15 heavy (non-hydrogen) atoms. The Balaban J connectivity index is 3.32. The molecule has 1 rings (SSSR count). The van der Waals surface area contributed by atoms with Crippen molar-refractivity contribution in [3.8, 4) is 0 Å². The molecule has 0 atom stereocenters. The van der Waals surface area contributed by atoms with Crippen LogP contribution in [0.3, 0.4) is 0 Å². The van der Waals surface area contributed by atoms with Crippen LogP contribution in [-0.2, 0) is 11.5 Å². The van der Waals surface area contributed by atoms with Crippen molar-refractivity contribution >= 4 is 21.7 Å². The lowest BCUT2D eigenvalue weighted by atomic mass is 10.2. The maximum Gasteiger partial charge on any atom is 0.458 e. The van der Waals surface area contributed by atoms with Gasteiger partial charge in [-0.15, -0.1) is 0 Å². The first-order chi connectivity index (χ1) is 6.86. The van der Waals surface area contributed by atoms with Gasteiger partial charge in [0.2, 0.25) is 0 Å². The Morgan fingerprint density at radius 1 is 1.47 bits per heavy atom. The van der Waals surface area contributed by atoms with E-state index in [1.807, 2.05) is 0 Å². The highest BCUT2D eigenvalue weighted by atomic mass is 79.9. The van der Waals surface area contributed by atoms with Gasteiger partial charge in [-0.25, -0.2) is 0 Å². The number of nitro groups is 1. The van der Waals surface area contributed by atoms with E-state index in [0.717, 1.165) is 12.1 Å². The van der Waals surface area contributed by atoms with Crippen molar-refractivity contribution in [2.45, 2.75) is 11.5 Å². The molecule has 0 saturated heterocycles. The zero-order chi connectivity index (χ0) is 11.6. The second kappa shape index (κ2) is 4.13. The summed E-state index contributed by atoms with van der Waals surface area (Å²) < 4.78 is 37.1. The van der Waals surface area contributed by atoms with Gasteiger partial charge >= 0.3 is 12.0 Å². The maximum atomic E-state index is 12.4. The van der Waals surface area contributed by atoms with Gasteiger partial charge in [0.1, 0.15) is 0 Å². The molecule has 1 aromatic heterocycles. The highest BCUT2D eigenvalue weighted by molar-refractivity contribution is 9.08. The maximum absolute atomic E-state index is 12.4. The fourth-order valence-corrected chi connectivity index (χ4v) is 1.39. The Morgan fingerprint density at radius 3 is 2.47 bits per heavy atom. The second-order valence-corrected chi connectivity index (χ2v) is 3.13. The number of aromatic nitrogens is 1. The lowest BCUT2D eigenvalue weighted by Gasteiger charge is -2.05. The number of halogens is 4. The number of hydrogen-bond acceptors (Lipinski definition) is 3. The van der Waals surface area contributed by atoms with Crippen molar-refractivity contribution in [2.75, 3.05) is 0 Å². The Labute approximate surface area is 90.4 Å². The second-order valence-electron chi connectivity index (χ2n) is 2.57. The van der Waals surface area contributed by atoms with E-state index in [2.05, 4.69) is 20.9 Å². The van der Waals surface area contributed by atoms with Crippen molar-refractivity contribution in [2.24, 2.45) is 0 Å². The summed E-state index contributed by atoms with van der Waals surface area (Å²) in [6, 6.07) is 1.97. The van der Waals surface area contributed by atoms with Crippen LogP contribution < -0.4 is 0 Å². The quantitative estimate of drug-likeness (QED) is 0.477. The number of hydrogen-bond donors (Lipinski definition) is 0. The van der Waals surface area contributed by atoms with Gasteiger partial charge in [-0.05, 0) is 16.0 Å². The summed E-state index contributed by atoms with van der Waals surface area (Å²) in [4.78, 5) is 12.2. The molecule has 0 aromatic carbocycles. The zero-order valence-electron chi connectivity index (χ0n) is 7.08. The van der Waals surface area contributed by atoms with Crippen molar-refractivity contribution < 1.29 is 18.1 Å². The van der Waals surface area contributed by atoms with Gasteiger partial charge in [0.15, 0.2) is 0 Å². The van der Waals surface area contributed by atoms with Crippen molar-refractivity contribution in [1.82, 2.24) is 4.98 Å². The molecular weight excluding hydrogens is 281 g/mol. The van der Waals surface area contributed by atoms with Crippen LogP contribution in [0.15, 0.2) is 12.1 Å². The van der Waals surface area contributed by atoms with Crippen LogP contribution in [0.5, 0.6) is 0 Å². The van der Waals surface area contributed by atoms with E-state index in [-0.39, 0.29) is 10.9 Å². The van der Waals surface area contributed by atoms with Crippen LogP contribution in [0.25, 0.3) is 0 Å². The van der Waals surface area contributed by atoms with E-state index in [4.69, 9.17) is 0 Å². The van der Waals surface area contributed by atoms with Crippen LogP contribution in [0, 0.1) is 10.1 Å². The third-order valence-electron chi connectivity index (χ3n) is 1.56. The smallest absolute Gasteiger partial charge is 0.358 e. The molecule has 1 aromatic rings. The standard InChI is InChI=1S/C7H4BrF3N2O2/c8-3-4-1-2-5(13(14)15)12-6(4)7(9,10)11/h1-2H,3H2. The Morgan fingerprint density at radius 2 is 2.07 bits per heavy atom. The molecule has 4 nitrogen and oxygen atoms in total. The lowest BCUT2D eigenvalue weighted by Crippen LogP contribution is -2.12. The molecule has 0 N–H and O–H groups in total. The van der Waals surface area contributed by atoms with E-state index in [1.165, 1.54) is 0 Å². The topological polar surface area (TPSA) is 56.0 Å². The summed E-state index contributed by atoms with van der Waals surface area (Å²) in [5.74, 6) is -0.813. The molecule has 0 fully saturated rings. The van der Waals surface area contributed by atoms with Gasteiger partial charge in [0.05, 0.1) is 0 Å². The molecule has 0 bridgehead atoms. The van der Waals surface area contributed by atoms with Gasteiger partial charge in [-0.1, -0.05) is 15.9 Å². The van der Waals surface area contributed by atoms with Crippen LogP contribution in [0.4, 0.5) is 19.0 Å². The van der Waals surface area contributed by atoms with Crippen molar-refractivity contribution in [3.05, 3.63) is 33.5 Å². The van der Waals surface area contributed by atoms with Gasteiger partial charge in [-0.3, -0.25) is 0 Å². The van der Waals surface area contributed by atoms with Gasteiger partial charge in [0.25, 0.3) is 5.69 Å². The van der Waals surface area contributed by atoms with E-state index in [0.29, 0.717) is 0 Å². The number of rotatable bonds is 2. The summed E-state index contributed by atoms with van der Waals surface area (Å²) in [7, 11) is 0. The minimum Gasteiger partial charge on any atom is -0.358 e. The Bertz CT molecular complexity index is 394. The monoisotopic (exact) mass is 284 g/mol. The number of nitrogens with zero attached hydrogens (tertiary/aromatic N) is 2. The average molecular weight is 285 g/mol. The van der Waals surface area contributed by atoms with Crippen LogP contribution >= 0.6 is 15.9 Å². The molecule has 82 valence electrons. The molecule has 0 amide bonds. The fraction of sp³-hybridized carbons (Fsp3) is 0.286. The molecule has 1 heterocycles. The number of pyridine rings is 1. The Hall–Kier alpha value is -1.18. The van der Waals surface area contributed by atoms with E-state index in [9.17, 15) is 23.3 Å². The fourth-order valence-electron chi connectivity index (χ4n) is 0.933. The molecule has 0 aliphatic rings. The van der Waals surface area contributed by atoms with E-state index >= 15 is 0 Å². The van der Waals surface area contributed by atoms with Crippen molar-refractivity contribution in [3.63, 3.8) is 0 Å².